The fourth-order valence-corrected chi connectivity index (χ4v) is 3.17. The number of amides is 2. The molecule has 0 saturated carbocycles. The highest BCUT2D eigenvalue weighted by molar-refractivity contribution is 6.24. The van der Waals surface area contributed by atoms with Gasteiger partial charge in [0, 0.05) is 35.1 Å². The number of carbonyl (C=O) groups excluding carboxylic acids is 2. The summed E-state index contributed by atoms with van der Waals surface area (Å²) in [6.45, 7) is 0. The van der Waals surface area contributed by atoms with Gasteiger partial charge in [-0.1, -0.05) is 36.4 Å². The molecule has 2 amide bonds. The Morgan fingerprint density at radius 3 is 2.67 bits per heavy atom. The largest absolute Gasteiger partial charge is 0.366 e. The third kappa shape index (κ3) is 4.25. The van der Waals surface area contributed by atoms with Crippen LogP contribution in [0.25, 0.3) is 22.7 Å². The highest BCUT2D eigenvalue weighted by atomic mass is 16.2. The summed E-state index contributed by atoms with van der Waals surface area (Å²) in [5, 5.41) is 3.62. The summed E-state index contributed by atoms with van der Waals surface area (Å²) in [7, 11) is 0. The molecule has 4 N–H and O–H groups in total. The third-order valence-corrected chi connectivity index (χ3v) is 4.58. The number of nitrogens with two attached hydrogens (primary N) is 1. The number of benzene rings is 1. The van der Waals surface area contributed by atoms with Crippen molar-refractivity contribution in [3.05, 3.63) is 90.0 Å². The number of carbonyl (C=O) groups is 2. The molecule has 3 aromatic heterocycles. The van der Waals surface area contributed by atoms with E-state index in [-0.39, 0.29) is 12.3 Å². The lowest BCUT2D eigenvalue weighted by Gasteiger charge is -2.06. The van der Waals surface area contributed by atoms with Gasteiger partial charge in [0.1, 0.15) is 5.65 Å². The average Bonchev–Trinajstić information content (AvgIpc) is 3.15. The molecule has 3 heterocycles. The Hall–Kier alpha value is -4.26. The van der Waals surface area contributed by atoms with Crippen LogP contribution in [-0.4, -0.2) is 26.8 Å². The number of H-pyrrole nitrogens is 1. The second-order valence-electron chi connectivity index (χ2n) is 6.74. The van der Waals surface area contributed by atoms with Crippen molar-refractivity contribution in [3.8, 4) is 0 Å². The Morgan fingerprint density at radius 2 is 1.93 bits per heavy atom. The molecule has 7 nitrogen and oxygen atoms in total. The van der Waals surface area contributed by atoms with Crippen molar-refractivity contribution in [2.45, 2.75) is 6.42 Å². The normalized spacial score (nSPS) is 11.4. The minimum absolute atomic E-state index is 0.168. The van der Waals surface area contributed by atoms with E-state index in [1.807, 2.05) is 42.5 Å². The van der Waals surface area contributed by atoms with Gasteiger partial charge in [0.25, 0.3) is 0 Å². The van der Waals surface area contributed by atoms with E-state index in [0.717, 1.165) is 22.1 Å². The average molecular weight is 397 g/mol. The molecule has 7 heteroatoms. The number of hydrogen-bond donors (Lipinski definition) is 3. The molecule has 0 bridgehead atoms. The monoisotopic (exact) mass is 397 g/mol. The number of hydrogen-bond acceptors (Lipinski definition) is 4. The number of aromatic amines is 1. The predicted molar refractivity (Wildman–Crippen MR) is 116 cm³/mol. The van der Waals surface area contributed by atoms with E-state index in [0.29, 0.717) is 16.9 Å². The van der Waals surface area contributed by atoms with E-state index in [2.05, 4.69) is 20.3 Å². The third-order valence-electron chi connectivity index (χ3n) is 4.58. The molecule has 0 aliphatic rings. The molecule has 30 heavy (non-hydrogen) atoms. The van der Waals surface area contributed by atoms with Gasteiger partial charge in [-0.15, -0.1) is 0 Å². The summed E-state index contributed by atoms with van der Waals surface area (Å²) in [5.41, 5.74) is 9.50. The van der Waals surface area contributed by atoms with Crippen molar-refractivity contribution in [2.24, 2.45) is 5.73 Å². The lowest BCUT2D eigenvalue weighted by atomic mass is 10.0. The topological polar surface area (TPSA) is 114 Å². The van der Waals surface area contributed by atoms with Crippen molar-refractivity contribution in [2.75, 3.05) is 5.32 Å². The fraction of sp³-hybridized carbons (Fsp3) is 0.0435. The summed E-state index contributed by atoms with van der Waals surface area (Å²) in [5.74, 6) is -0.691. The number of aromatic nitrogens is 3. The minimum Gasteiger partial charge on any atom is -0.366 e. The van der Waals surface area contributed by atoms with Crippen LogP contribution in [0, 0.1) is 0 Å². The summed E-state index contributed by atoms with van der Waals surface area (Å²) in [6.07, 6.45) is 8.59. The van der Waals surface area contributed by atoms with Gasteiger partial charge in [0.15, 0.2) is 0 Å². The number of anilines is 1. The van der Waals surface area contributed by atoms with Gasteiger partial charge in [-0.25, -0.2) is 4.98 Å². The van der Waals surface area contributed by atoms with Crippen molar-refractivity contribution < 1.29 is 9.59 Å². The molecule has 0 spiro atoms. The van der Waals surface area contributed by atoms with Gasteiger partial charge in [0.05, 0.1) is 18.3 Å². The van der Waals surface area contributed by atoms with E-state index in [1.54, 1.807) is 36.9 Å². The van der Waals surface area contributed by atoms with Crippen molar-refractivity contribution >= 4 is 40.2 Å². The minimum atomic E-state index is -0.524. The molecular formula is C23H19N5O2. The maximum Gasteiger partial charge on any atom is 0.249 e. The molecular weight excluding hydrogens is 378 g/mol. The SMILES string of the molecule is NC(=O)/C(=C\c1c[nH]c2ncc(NC(=O)Cc3cccnc3)cc12)c1ccccc1. The summed E-state index contributed by atoms with van der Waals surface area (Å²) in [6, 6.07) is 14.7. The molecule has 0 unspecified atom stereocenters. The zero-order valence-electron chi connectivity index (χ0n) is 16.0. The molecule has 0 atom stereocenters. The van der Waals surface area contributed by atoms with Gasteiger partial charge in [-0.05, 0) is 29.3 Å². The Bertz CT molecular complexity index is 1230. The Balaban J connectivity index is 1.63. The molecule has 4 aromatic rings. The van der Waals surface area contributed by atoms with Crippen LogP contribution in [0.1, 0.15) is 16.7 Å². The second kappa shape index (κ2) is 8.40. The molecule has 0 radical (unpaired) electrons. The summed E-state index contributed by atoms with van der Waals surface area (Å²) >= 11 is 0. The maximum absolute atomic E-state index is 12.3. The van der Waals surface area contributed by atoms with Crippen LogP contribution in [0.4, 0.5) is 5.69 Å². The van der Waals surface area contributed by atoms with E-state index in [4.69, 9.17) is 5.73 Å². The number of nitrogens with one attached hydrogen (secondary N) is 2. The number of rotatable bonds is 6. The standard InChI is InChI=1S/C23H19N5O2/c24-22(30)19(16-6-2-1-3-7-16)10-17-13-26-23-20(17)11-18(14-27-23)28-21(29)9-15-5-4-8-25-12-15/h1-8,10-14H,9H2,(H2,24,30)(H,26,27)(H,28,29)/b19-10-. The Labute approximate surface area is 172 Å². The van der Waals surface area contributed by atoms with Crippen LogP contribution in [0.2, 0.25) is 0 Å². The first-order chi connectivity index (χ1) is 14.6. The smallest absolute Gasteiger partial charge is 0.249 e. The van der Waals surface area contributed by atoms with Crippen LogP contribution < -0.4 is 11.1 Å². The Morgan fingerprint density at radius 1 is 1.10 bits per heavy atom. The first-order valence-corrected chi connectivity index (χ1v) is 9.33. The van der Waals surface area contributed by atoms with E-state index in [1.165, 1.54) is 0 Å². The fourth-order valence-electron chi connectivity index (χ4n) is 3.17. The molecule has 0 fully saturated rings. The maximum atomic E-state index is 12.3. The molecule has 4 rings (SSSR count). The summed E-state index contributed by atoms with van der Waals surface area (Å²) in [4.78, 5) is 35.8. The van der Waals surface area contributed by atoms with Crippen molar-refractivity contribution in [1.29, 1.82) is 0 Å². The first-order valence-electron chi connectivity index (χ1n) is 9.33. The highest BCUT2D eigenvalue weighted by Crippen LogP contribution is 2.25. The van der Waals surface area contributed by atoms with E-state index >= 15 is 0 Å². The number of pyridine rings is 2. The van der Waals surface area contributed by atoms with Crippen LogP contribution in [0.15, 0.2) is 73.3 Å². The molecule has 0 aliphatic heterocycles. The number of primary amides is 1. The quantitative estimate of drug-likeness (QED) is 0.434. The predicted octanol–water partition coefficient (Wildman–Crippen LogP) is 3.17. The van der Waals surface area contributed by atoms with Crippen molar-refractivity contribution in [1.82, 2.24) is 15.0 Å². The second-order valence-corrected chi connectivity index (χ2v) is 6.74. The summed E-state index contributed by atoms with van der Waals surface area (Å²) < 4.78 is 0. The van der Waals surface area contributed by atoms with E-state index < -0.39 is 5.91 Å². The highest BCUT2D eigenvalue weighted by Gasteiger charge is 2.12. The van der Waals surface area contributed by atoms with Gasteiger partial charge >= 0.3 is 0 Å². The lowest BCUT2D eigenvalue weighted by Crippen LogP contribution is -2.14. The Kier molecular flexibility index (Phi) is 5.34. The molecule has 148 valence electrons. The van der Waals surface area contributed by atoms with Gasteiger partial charge in [0.2, 0.25) is 11.8 Å². The zero-order valence-corrected chi connectivity index (χ0v) is 16.0. The van der Waals surface area contributed by atoms with Gasteiger partial charge in [-0.3, -0.25) is 14.6 Å². The lowest BCUT2D eigenvalue weighted by molar-refractivity contribution is -0.115. The van der Waals surface area contributed by atoms with Crippen LogP contribution in [-0.2, 0) is 16.0 Å². The number of nitrogens with zero attached hydrogens (tertiary/aromatic N) is 2. The molecule has 1 aromatic carbocycles. The molecule has 0 aliphatic carbocycles. The first kappa shape index (κ1) is 19.1. The van der Waals surface area contributed by atoms with Crippen LogP contribution >= 0.6 is 0 Å². The van der Waals surface area contributed by atoms with E-state index in [9.17, 15) is 9.59 Å². The number of fused-ring (bicyclic) bond motifs is 1. The van der Waals surface area contributed by atoms with Crippen LogP contribution in [0.5, 0.6) is 0 Å². The zero-order chi connectivity index (χ0) is 20.9. The van der Waals surface area contributed by atoms with Crippen molar-refractivity contribution in [3.63, 3.8) is 0 Å². The van der Waals surface area contributed by atoms with Gasteiger partial charge in [-0.2, -0.15) is 0 Å². The molecule has 0 saturated heterocycles. The van der Waals surface area contributed by atoms with Gasteiger partial charge < -0.3 is 16.0 Å². The van der Waals surface area contributed by atoms with Crippen LogP contribution in [0.3, 0.4) is 0 Å².